The van der Waals surface area contributed by atoms with E-state index in [0.29, 0.717) is 17.0 Å². The van der Waals surface area contributed by atoms with Gasteiger partial charge in [-0.2, -0.15) is 0 Å². The van der Waals surface area contributed by atoms with Crippen molar-refractivity contribution in [3.05, 3.63) is 87.5 Å². The molecular weight excluding hydrogens is 416 g/mol. The number of ether oxygens (including phenoxy) is 1. The lowest BCUT2D eigenvalue weighted by Crippen LogP contribution is -2.23. The second kappa shape index (κ2) is 7.97. The van der Waals surface area contributed by atoms with Crippen LogP contribution < -0.4 is 10.3 Å². The van der Waals surface area contributed by atoms with E-state index in [1.54, 1.807) is 23.4 Å². The van der Waals surface area contributed by atoms with Crippen LogP contribution in [0.2, 0.25) is 0 Å². The van der Waals surface area contributed by atoms with E-state index in [1.807, 2.05) is 64.4 Å². The quantitative estimate of drug-likeness (QED) is 0.370. The Morgan fingerprint density at radius 3 is 2.70 bits per heavy atom. The molecule has 0 aliphatic carbocycles. The summed E-state index contributed by atoms with van der Waals surface area (Å²) in [6.45, 7) is 0.454. The summed E-state index contributed by atoms with van der Waals surface area (Å²) >= 11 is 3.04. The van der Waals surface area contributed by atoms with Crippen LogP contribution in [0, 0.1) is 0 Å². The van der Waals surface area contributed by atoms with Gasteiger partial charge in [-0.1, -0.05) is 54.2 Å². The molecule has 0 N–H and O–H groups in total. The zero-order valence-electron chi connectivity index (χ0n) is 16.2. The molecule has 0 aliphatic rings. The third-order valence-corrected chi connectivity index (χ3v) is 6.76. The number of rotatable bonds is 6. The maximum atomic E-state index is 13.1. The van der Waals surface area contributed by atoms with Gasteiger partial charge in [0.2, 0.25) is 5.78 Å². The van der Waals surface area contributed by atoms with Crippen LogP contribution >= 0.6 is 23.1 Å². The molecule has 0 unspecified atom stereocenters. The van der Waals surface area contributed by atoms with Gasteiger partial charge in [-0.05, 0) is 34.7 Å². The van der Waals surface area contributed by atoms with E-state index >= 15 is 0 Å². The maximum Gasteiger partial charge on any atom is 0.273 e. The number of aromatic nitrogens is 4. The van der Waals surface area contributed by atoms with Gasteiger partial charge in [0.25, 0.3) is 5.56 Å². The summed E-state index contributed by atoms with van der Waals surface area (Å²) in [4.78, 5) is 13.1. The van der Waals surface area contributed by atoms with Gasteiger partial charge in [0.1, 0.15) is 10.4 Å². The van der Waals surface area contributed by atoms with Crippen LogP contribution in [0.3, 0.4) is 0 Å². The summed E-state index contributed by atoms with van der Waals surface area (Å²) in [6, 6.07) is 19.9. The molecule has 0 atom stereocenters. The van der Waals surface area contributed by atoms with Crippen molar-refractivity contribution < 1.29 is 4.74 Å². The number of nitrogens with zero attached hydrogens (tertiary/aromatic N) is 4. The van der Waals surface area contributed by atoms with Gasteiger partial charge in [-0.15, -0.1) is 21.5 Å². The summed E-state index contributed by atoms with van der Waals surface area (Å²) in [5.74, 6) is 2.11. The molecule has 5 rings (SSSR count). The lowest BCUT2D eigenvalue weighted by atomic mass is 10.2. The van der Waals surface area contributed by atoms with E-state index in [-0.39, 0.29) is 5.56 Å². The van der Waals surface area contributed by atoms with Gasteiger partial charge in [0.15, 0.2) is 5.16 Å². The number of methoxy groups -OCH3 is 1. The molecule has 0 fully saturated rings. The first-order valence-electron chi connectivity index (χ1n) is 9.39. The number of hydrogen-bond acceptors (Lipinski definition) is 6. The van der Waals surface area contributed by atoms with E-state index in [9.17, 15) is 4.79 Å². The molecule has 6 nitrogen and oxygen atoms in total. The molecule has 0 radical (unpaired) electrons. The van der Waals surface area contributed by atoms with E-state index in [1.165, 1.54) is 11.3 Å². The Hall–Kier alpha value is -3.10. The second-order valence-electron chi connectivity index (χ2n) is 6.77. The minimum atomic E-state index is -0.0342. The van der Waals surface area contributed by atoms with Crippen LogP contribution in [0.25, 0.3) is 16.0 Å². The third kappa shape index (κ3) is 3.38. The van der Waals surface area contributed by atoms with E-state index in [4.69, 9.17) is 4.74 Å². The Morgan fingerprint density at radius 1 is 1.03 bits per heavy atom. The Bertz CT molecular complexity index is 1390. The number of thiophene rings is 1. The molecule has 2 aromatic carbocycles. The zero-order valence-corrected chi connectivity index (χ0v) is 17.8. The summed E-state index contributed by atoms with van der Waals surface area (Å²) in [7, 11) is 1.66. The molecule has 0 spiro atoms. The summed E-state index contributed by atoms with van der Waals surface area (Å²) in [6.07, 6.45) is 0. The fourth-order valence-corrected chi connectivity index (χ4v) is 5.12. The minimum Gasteiger partial charge on any atom is -0.497 e. The summed E-state index contributed by atoms with van der Waals surface area (Å²) < 4.78 is 9.72. The van der Waals surface area contributed by atoms with Crippen molar-refractivity contribution in [1.82, 2.24) is 19.2 Å². The Kier molecular flexibility index (Phi) is 5.02. The highest BCUT2D eigenvalue weighted by Crippen LogP contribution is 2.27. The lowest BCUT2D eigenvalue weighted by molar-refractivity contribution is 0.414. The SMILES string of the molecule is COc1cccc(CSc2nnc3n(Cc4ccccc4)c(=O)c4sccc4n23)c1. The second-order valence-corrected chi connectivity index (χ2v) is 8.63. The number of hydrogen-bond donors (Lipinski definition) is 0. The molecule has 0 bridgehead atoms. The third-order valence-electron chi connectivity index (χ3n) is 4.87. The smallest absolute Gasteiger partial charge is 0.273 e. The normalized spacial score (nSPS) is 11.4. The molecule has 0 aliphatic heterocycles. The highest BCUT2D eigenvalue weighted by molar-refractivity contribution is 7.98. The van der Waals surface area contributed by atoms with Crippen molar-refractivity contribution in [3.8, 4) is 5.75 Å². The van der Waals surface area contributed by atoms with Crippen molar-refractivity contribution in [2.24, 2.45) is 0 Å². The highest BCUT2D eigenvalue weighted by Gasteiger charge is 2.18. The molecule has 3 aromatic heterocycles. The fraction of sp³-hybridized carbons (Fsp3) is 0.136. The Balaban J connectivity index is 1.58. The predicted octanol–water partition coefficient (Wildman–Crippen LogP) is 4.45. The maximum absolute atomic E-state index is 13.1. The van der Waals surface area contributed by atoms with Crippen molar-refractivity contribution in [3.63, 3.8) is 0 Å². The van der Waals surface area contributed by atoms with Gasteiger partial charge < -0.3 is 4.74 Å². The van der Waals surface area contributed by atoms with Gasteiger partial charge in [0.05, 0.1) is 19.2 Å². The van der Waals surface area contributed by atoms with E-state index in [0.717, 1.165) is 33.3 Å². The minimum absolute atomic E-state index is 0.0342. The van der Waals surface area contributed by atoms with Crippen LogP contribution in [0.15, 0.2) is 76.0 Å². The monoisotopic (exact) mass is 434 g/mol. The summed E-state index contributed by atoms with van der Waals surface area (Å²) in [5.41, 5.74) is 3.00. The lowest BCUT2D eigenvalue weighted by Gasteiger charge is -2.09. The molecule has 0 saturated heterocycles. The van der Waals surface area contributed by atoms with Gasteiger partial charge in [0, 0.05) is 5.75 Å². The van der Waals surface area contributed by atoms with Gasteiger partial charge in [-0.3, -0.25) is 13.8 Å². The van der Waals surface area contributed by atoms with Crippen molar-refractivity contribution in [2.75, 3.05) is 7.11 Å². The Morgan fingerprint density at radius 2 is 1.87 bits per heavy atom. The first-order chi connectivity index (χ1) is 14.7. The predicted molar refractivity (Wildman–Crippen MR) is 121 cm³/mol. The molecule has 0 amide bonds. The van der Waals surface area contributed by atoms with E-state index in [2.05, 4.69) is 16.3 Å². The van der Waals surface area contributed by atoms with E-state index < -0.39 is 0 Å². The van der Waals surface area contributed by atoms with Crippen molar-refractivity contribution in [2.45, 2.75) is 17.5 Å². The number of thioether (sulfide) groups is 1. The van der Waals surface area contributed by atoms with Crippen LogP contribution in [0.1, 0.15) is 11.1 Å². The fourth-order valence-electron chi connectivity index (χ4n) is 3.41. The molecule has 30 heavy (non-hydrogen) atoms. The van der Waals surface area contributed by atoms with Crippen LogP contribution in [0.4, 0.5) is 0 Å². The zero-order chi connectivity index (χ0) is 20.5. The summed E-state index contributed by atoms with van der Waals surface area (Å²) in [5, 5.41) is 11.5. The standard InChI is InChI=1S/C22H18N4O2S2/c1-28-17-9-5-8-16(12-17)14-30-22-24-23-21-25(13-15-6-3-2-4-7-15)20(27)19-18(26(21)22)10-11-29-19/h2-12H,13-14H2,1H3. The largest absolute Gasteiger partial charge is 0.497 e. The molecule has 3 heterocycles. The first-order valence-corrected chi connectivity index (χ1v) is 11.3. The molecule has 5 aromatic rings. The molecule has 0 saturated carbocycles. The average Bonchev–Trinajstić information content (AvgIpc) is 3.43. The van der Waals surface area contributed by atoms with Crippen molar-refractivity contribution in [1.29, 1.82) is 0 Å². The molecule has 8 heteroatoms. The van der Waals surface area contributed by atoms with Gasteiger partial charge in [-0.25, -0.2) is 0 Å². The highest BCUT2D eigenvalue weighted by atomic mass is 32.2. The number of fused-ring (bicyclic) bond motifs is 3. The van der Waals surface area contributed by atoms with Crippen LogP contribution in [-0.4, -0.2) is 26.3 Å². The molecular formula is C22H18N4O2S2. The Labute approximate surface area is 180 Å². The topological polar surface area (TPSA) is 61.4 Å². The van der Waals surface area contributed by atoms with Crippen LogP contribution in [0.5, 0.6) is 5.75 Å². The average molecular weight is 435 g/mol. The van der Waals surface area contributed by atoms with Crippen LogP contribution in [-0.2, 0) is 12.3 Å². The van der Waals surface area contributed by atoms with Gasteiger partial charge >= 0.3 is 0 Å². The first kappa shape index (κ1) is 18.9. The van der Waals surface area contributed by atoms with Crippen molar-refractivity contribution >= 4 is 39.1 Å². The number of benzene rings is 2. The molecule has 150 valence electrons.